The summed E-state index contributed by atoms with van der Waals surface area (Å²) >= 11 is 0. The van der Waals surface area contributed by atoms with E-state index in [-0.39, 0.29) is 11.9 Å². The lowest BCUT2D eigenvalue weighted by Crippen LogP contribution is -2.11. The Hall–Kier alpha value is -1.61. The number of anilines is 1. The first-order valence-electron chi connectivity index (χ1n) is 5.26. The molecule has 86 valence electrons. The number of hydrogen-bond donors (Lipinski definition) is 2. The molecular weight excluding hydrogens is 200 g/mol. The van der Waals surface area contributed by atoms with Gasteiger partial charge < -0.3 is 11.1 Å². The third-order valence-corrected chi connectivity index (χ3v) is 2.23. The molecule has 1 amide bonds. The van der Waals surface area contributed by atoms with Crippen LogP contribution in [-0.4, -0.2) is 5.91 Å². The Kier molecular flexibility index (Phi) is 4.26. The van der Waals surface area contributed by atoms with Crippen molar-refractivity contribution in [3.05, 3.63) is 42.0 Å². The Morgan fingerprint density at radius 2 is 1.94 bits per heavy atom. The van der Waals surface area contributed by atoms with Gasteiger partial charge in [0.25, 0.3) is 0 Å². The summed E-state index contributed by atoms with van der Waals surface area (Å²) in [5, 5.41) is 2.71. The number of rotatable bonds is 4. The van der Waals surface area contributed by atoms with E-state index in [1.54, 1.807) is 0 Å². The van der Waals surface area contributed by atoms with Gasteiger partial charge in [-0.25, -0.2) is 0 Å². The van der Waals surface area contributed by atoms with E-state index in [0.29, 0.717) is 0 Å². The van der Waals surface area contributed by atoms with Gasteiger partial charge >= 0.3 is 0 Å². The number of amides is 1. The van der Waals surface area contributed by atoms with Crippen molar-refractivity contribution in [2.45, 2.75) is 26.3 Å². The van der Waals surface area contributed by atoms with E-state index < -0.39 is 0 Å². The molecule has 1 rings (SSSR count). The van der Waals surface area contributed by atoms with Crippen LogP contribution in [0.2, 0.25) is 0 Å². The Labute approximate surface area is 96.3 Å². The number of nitrogens with one attached hydrogen (secondary N) is 1. The predicted molar refractivity (Wildman–Crippen MR) is 67.1 cm³/mol. The van der Waals surface area contributed by atoms with Crippen LogP contribution in [0.4, 0.5) is 5.69 Å². The highest BCUT2D eigenvalue weighted by atomic mass is 16.1. The molecular formula is C13H18N2O. The summed E-state index contributed by atoms with van der Waals surface area (Å²) in [6.45, 7) is 7.29. The van der Waals surface area contributed by atoms with Crippen molar-refractivity contribution in [2.75, 3.05) is 5.32 Å². The Morgan fingerprint density at radius 3 is 2.38 bits per heavy atom. The summed E-state index contributed by atoms with van der Waals surface area (Å²) in [5.41, 5.74) is 8.91. The van der Waals surface area contributed by atoms with Crippen molar-refractivity contribution < 1.29 is 4.79 Å². The fraction of sp³-hybridized carbons (Fsp3) is 0.308. The summed E-state index contributed by atoms with van der Waals surface area (Å²) in [5.74, 6) is -0.0704. The van der Waals surface area contributed by atoms with Gasteiger partial charge in [-0.05, 0) is 31.0 Å². The highest BCUT2D eigenvalue weighted by Gasteiger charge is 2.05. The third-order valence-electron chi connectivity index (χ3n) is 2.23. The van der Waals surface area contributed by atoms with Gasteiger partial charge in [0.1, 0.15) is 0 Å². The summed E-state index contributed by atoms with van der Waals surface area (Å²) in [6.07, 6.45) is 0.777. The summed E-state index contributed by atoms with van der Waals surface area (Å²) < 4.78 is 0. The summed E-state index contributed by atoms with van der Waals surface area (Å²) in [6, 6.07) is 7.55. The molecule has 0 aromatic heterocycles. The number of carbonyl (C=O) groups excluding carboxylic acids is 1. The molecule has 1 aromatic carbocycles. The molecule has 0 spiro atoms. The number of carbonyl (C=O) groups is 1. The number of hydrogen-bond acceptors (Lipinski definition) is 2. The van der Waals surface area contributed by atoms with Crippen molar-refractivity contribution in [3.63, 3.8) is 0 Å². The second-order valence-electron chi connectivity index (χ2n) is 4.07. The van der Waals surface area contributed by atoms with E-state index in [0.717, 1.165) is 23.2 Å². The molecule has 0 radical (unpaired) electrons. The predicted octanol–water partition coefficient (Wildman–Crippen LogP) is 2.61. The molecule has 16 heavy (non-hydrogen) atoms. The fourth-order valence-electron chi connectivity index (χ4n) is 1.51. The van der Waals surface area contributed by atoms with E-state index in [9.17, 15) is 4.79 Å². The molecule has 0 saturated carbocycles. The summed E-state index contributed by atoms with van der Waals surface area (Å²) in [7, 11) is 0. The SMILES string of the molecule is C=C(C)C[C@H](N)c1ccc(NC(C)=O)cc1. The highest BCUT2D eigenvalue weighted by Crippen LogP contribution is 2.19. The van der Waals surface area contributed by atoms with Crippen LogP contribution < -0.4 is 11.1 Å². The first-order chi connectivity index (χ1) is 7.49. The third kappa shape index (κ3) is 3.87. The van der Waals surface area contributed by atoms with Crippen LogP contribution in [0, 0.1) is 0 Å². The maximum Gasteiger partial charge on any atom is 0.221 e. The Morgan fingerprint density at radius 1 is 1.38 bits per heavy atom. The van der Waals surface area contributed by atoms with Crippen LogP contribution >= 0.6 is 0 Å². The lowest BCUT2D eigenvalue weighted by atomic mass is 10.0. The topological polar surface area (TPSA) is 55.1 Å². The molecule has 0 heterocycles. The molecule has 0 unspecified atom stereocenters. The molecule has 0 fully saturated rings. The average molecular weight is 218 g/mol. The fourth-order valence-corrected chi connectivity index (χ4v) is 1.51. The van der Waals surface area contributed by atoms with Gasteiger partial charge in [0, 0.05) is 18.7 Å². The van der Waals surface area contributed by atoms with Gasteiger partial charge in [-0.2, -0.15) is 0 Å². The van der Waals surface area contributed by atoms with Gasteiger partial charge in [-0.15, -0.1) is 6.58 Å². The lowest BCUT2D eigenvalue weighted by molar-refractivity contribution is -0.114. The van der Waals surface area contributed by atoms with Crippen LogP contribution in [0.1, 0.15) is 31.9 Å². The molecule has 3 N–H and O–H groups in total. The Balaban J connectivity index is 2.70. The average Bonchev–Trinajstić information content (AvgIpc) is 2.16. The normalized spacial score (nSPS) is 11.9. The standard InChI is InChI=1S/C13H18N2O/c1-9(2)8-13(14)11-4-6-12(7-5-11)15-10(3)16/h4-7,13H,1,8,14H2,2-3H3,(H,15,16)/t13-/m0/s1. The number of nitrogens with two attached hydrogens (primary N) is 1. The lowest BCUT2D eigenvalue weighted by Gasteiger charge is -2.12. The van der Waals surface area contributed by atoms with Crippen molar-refractivity contribution in [1.82, 2.24) is 0 Å². The monoisotopic (exact) mass is 218 g/mol. The maximum atomic E-state index is 10.8. The molecule has 3 nitrogen and oxygen atoms in total. The molecule has 0 aliphatic heterocycles. The van der Waals surface area contributed by atoms with Gasteiger partial charge in [-0.3, -0.25) is 4.79 Å². The largest absolute Gasteiger partial charge is 0.326 e. The van der Waals surface area contributed by atoms with Crippen molar-refractivity contribution in [2.24, 2.45) is 5.73 Å². The van der Waals surface area contributed by atoms with Crippen molar-refractivity contribution in [1.29, 1.82) is 0 Å². The molecule has 0 aliphatic carbocycles. The molecule has 0 aliphatic rings. The van der Waals surface area contributed by atoms with Crippen LogP contribution in [-0.2, 0) is 4.79 Å². The van der Waals surface area contributed by atoms with E-state index >= 15 is 0 Å². The molecule has 1 atom stereocenters. The van der Waals surface area contributed by atoms with Crippen molar-refractivity contribution >= 4 is 11.6 Å². The quantitative estimate of drug-likeness (QED) is 0.763. The minimum absolute atomic E-state index is 0.0242. The molecule has 3 heteroatoms. The Bertz CT molecular complexity index is 381. The maximum absolute atomic E-state index is 10.8. The highest BCUT2D eigenvalue weighted by molar-refractivity contribution is 5.88. The van der Waals surface area contributed by atoms with Gasteiger partial charge in [-0.1, -0.05) is 17.7 Å². The van der Waals surface area contributed by atoms with Crippen LogP contribution in [0.5, 0.6) is 0 Å². The van der Waals surface area contributed by atoms with Gasteiger partial charge in [0.15, 0.2) is 0 Å². The zero-order valence-electron chi connectivity index (χ0n) is 9.79. The van der Waals surface area contributed by atoms with Crippen molar-refractivity contribution in [3.8, 4) is 0 Å². The second kappa shape index (κ2) is 5.47. The zero-order chi connectivity index (χ0) is 12.1. The smallest absolute Gasteiger partial charge is 0.221 e. The van der Waals surface area contributed by atoms with Gasteiger partial charge in [0.05, 0.1) is 0 Å². The molecule has 1 aromatic rings. The minimum atomic E-state index is -0.0704. The molecule has 0 saturated heterocycles. The number of benzene rings is 1. The van der Waals surface area contributed by atoms with Gasteiger partial charge in [0.2, 0.25) is 5.91 Å². The second-order valence-corrected chi connectivity index (χ2v) is 4.07. The van der Waals surface area contributed by atoms with E-state index in [1.165, 1.54) is 6.92 Å². The van der Waals surface area contributed by atoms with E-state index in [2.05, 4.69) is 11.9 Å². The minimum Gasteiger partial charge on any atom is -0.326 e. The summed E-state index contributed by atoms with van der Waals surface area (Å²) in [4.78, 5) is 10.8. The molecule has 0 bridgehead atoms. The van der Waals surface area contributed by atoms with Crippen LogP contribution in [0.3, 0.4) is 0 Å². The first kappa shape index (κ1) is 12.5. The first-order valence-corrected chi connectivity index (χ1v) is 5.26. The van der Waals surface area contributed by atoms with Crippen LogP contribution in [0.15, 0.2) is 36.4 Å². The van der Waals surface area contributed by atoms with E-state index in [4.69, 9.17) is 5.73 Å². The zero-order valence-corrected chi connectivity index (χ0v) is 9.79. The van der Waals surface area contributed by atoms with E-state index in [1.807, 2.05) is 31.2 Å². The van der Waals surface area contributed by atoms with Crippen LogP contribution in [0.25, 0.3) is 0 Å².